The molecule has 116 valence electrons. The number of ether oxygens (including phenoxy) is 1. The summed E-state index contributed by atoms with van der Waals surface area (Å²) in [5.74, 6) is -0.0245. The van der Waals surface area contributed by atoms with Crippen molar-refractivity contribution < 1.29 is 17.9 Å². The molecule has 1 aromatic rings. The van der Waals surface area contributed by atoms with Gasteiger partial charge in [-0.15, -0.1) is 0 Å². The Morgan fingerprint density at radius 3 is 2.81 bits per heavy atom. The number of carbonyl (C=O) groups is 1. The van der Waals surface area contributed by atoms with Crippen LogP contribution in [0.2, 0.25) is 0 Å². The van der Waals surface area contributed by atoms with Crippen molar-refractivity contribution in [3.63, 3.8) is 0 Å². The molecule has 0 amide bonds. The summed E-state index contributed by atoms with van der Waals surface area (Å²) >= 11 is 0. The molecule has 0 radical (unpaired) electrons. The van der Waals surface area contributed by atoms with Gasteiger partial charge >= 0.3 is 0 Å². The maximum Gasteiger partial charge on any atom is 0.237 e. The van der Waals surface area contributed by atoms with Gasteiger partial charge in [-0.2, -0.15) is 0 Å². The quantitative estimate of drug-likeness (QED) is 0.595. The number of rotatable bonds is 6. The van der Waals surface area contributed by atoms with Crippen molar-refractivity contribution in [2.45, 2.75) is 26.7 Å². The number of hydrogen-bond acceptors (Lipinski definition) is 4. The standard InChI is InChI=1S/C15H21NO4S/c1-3-20-9-10-21(18,19)16-8-4-5-14-11-13(12(2)17)6-7-15(14)16/h6-7,11H,3-5,8-10H2,1-2H3. The van der Waals surface area contributed by atoms with Crippen LogP contribution in [0.5, 0.6) is 0 Å². The van der Waals surface area contributed by atoms with E-state index in [0.29, 0.717) is 24.4 Å². The summed E-state index contributed by atoms with van der Waals surface area (Å²) < 4.78 is 31.4. The second-order valence-electron chi connectivity index (χ2n) is 5.09. The van der Waals surface area contributed by atoms with Crippen LogP contribution < -0.4 is 4.31 Å². The number of ketones is 1. The molecule has 0 atom stereocenters. The van der Waals surface area contributed by atoms with Gasteiger partial charge in [-0.25, -0.2) is 8.42 Å². The van der Waals surface area contributed by atoms with Crippen LogP contribution in [-0.2, 0) is 21.2 Å². The Morgan fingerprint density at radius 1 is 1.38 bits per heavy atom. The van der Waals surface area contributed by atoms with Gasteiger partial charge in [-0.3, -0.25) is 9.10 Å². The van der Waals surface area contributed by atoms with E-state index in [1.54, 1.807) is 12.1 Å². The average Bonchev–Trinajstić information content (AvgIpc) is 2.46. The van der Waals surface area contributed by atoms with Crippen molar-refractivity contribution in [1.29, 1.82) is 0 Å². The van der Waals surface area contributed by atoms with Gasteiger partial charge in [0.15, 0.2) is 5.78 Å². The van der Waals surface area contributed by atoms with Gasteiger partial charge in [0.2, 0.25) is 10.0 Å². The molecule has 0 aromatic heterocycles. The number of benzene rings is 1. The highest BCUT2D eigenvalue weighted by Gasteiger charge is 2.27. The zero-order valence-electron chi connectivity index (χ0n) is 12.5. The van der Waals surface area contributed by atoms with Crippen LogP contribution in [0.25, 0.3) is 0 Å². The fourth-order valence-corrected chi connectivity index (χ4v) is 3.92. The minimum atomic E-state index is -3.38. The highest BCUT2D eigenvalue weighted by Crippen LogP contribution is 2.30. The molecule has 2 rings (SSSR count). The minimum absolute atomic E-state index is 0.00544. The molecule has 0 aliphatic carbocycles. The fourth-order valence-electron chi connectivity index (χ4n) is 2.49. The van der Waals surface area contributed by atoms with Gasteiger partial charge in [0.05, 0.1) is 18.0 Å². The summed E-state index contributed by atoms with van der Waals surface area (Å²) in [4.78, 5) is 11.4. The summed E-state index contributed by atoms with van der Waals surface area (Å²) in [7, 11) is -3.38. The molecule has 1 aliphatic rings. The zero-order chi connectivity index (χ0) is 15.5. The number of Topliss-reactive ketones (excluding diaryl/α,β-unsaturated/α-hetero) is 1. The van der Waals surface area contributed by atoms with Crippen molar-refractivity contribution in [2.24, 2.45) is 0 Å². The molecule has 0 spiro atoms. The van der Waals surface area contributed by atoms with Crippen molar-refractivity contribution in [3.05, 3.63) is 29.3 Å². The summed E-state index contributed by atoms with van der Waals surface area (Å²) in [6, 6.07) is 5.24. The average molecular weight is 311 g/mol. The molecule has 0 saturated carbocycles. The fraction of sp³-hybridized carbons (Fsp3) is 0.533. The topological polar surface area (TPSA) is 63.7 Å². The molecular formula is C15H21NO4S. The second kappa shape index (κ2) is 6.58. The molecule has 0 saturated heterocycles. The first kappa shape index (κ1) is 16.0. The van der Waals surface area contributed by atoms with E-state index in [2.05, 4.69) is 0 Å². The first-order valence-electron chi connectivity index (χ1n) is 7.17. The molecule has 0 bridgehead atoms. The van der Waals surface area contributed by atoms with Crippen LogP contribution in [0.3, 0.4) is 0 Å². The van der Waals surface area contributed by atoms with Crippen LogP contribution >= 0.6 is 0 Å². The molecule has 1 aromatic carbocycles. The zero-order valence-corrected chi connectivity index (χ0v) is 13.3. The first-order chi connectivity index (χ1) is 9.95. The lowest BCUT2D eigenvalue weighted by atomic mass is 9.99. The van der Waals surface area contributed by atoms with Crippen LogP contribution in [0, 0.1) is 0 Å². The summed E-state index contributed by atoms with van der Waals surface area (Å²) in [6.45, 7) is 4.55. The molecule has 0 unspecified atom stereocenters. The SMILES string of the molecule is CCOCCS(=O)(=O)N1CCCc2cc(C(C)=O)ccc21. The van der Waals surface area contributed by atoms with E-state index >= 15 is 0 Å². The maximum absolute atomic E-state index is 12.4. The molecule has 0 fully saturated rings. The number of hydrogen-bond donors (Lipinski definition) is 0. The number of sulfonamides is 1. The Hall–Kier alpha value is -1.40. The molecular weight excluding hydrogens is 290 g/mol. The number of fused-ring (bicyclic) bond motifs is 1. The van der Waals surface area contributed by atoms with E-state index in [4.69, 9.17) is 4.74 Å². The highest BCUT2D eigenvalue weighted by atomic mass is 32.2. The summed E-state index contributed by atoms with van der Waals surface area (Å²) in [6.07, 6.45) is 1.57. The molecule has 0 N–H and O–H groups in total. The van der Waals surface area contributed by atoms with E-state index < -0.39 is 10.0 Å². The first-order valence-corrected chi connectivity index (χ1v) is 8.78. The predicted octanol–water partition coefficient (Wildman–Crippen LogP) is 2.01. The molecule has 6 heteroatoms. The highest BCUT2D eigenvalue weighted by molar-refractivity contribution is 7.92. The third-order valence-corrected chi connectivity index (χ3v) is 5.32. The van der Waals surface area contributed by atoms with E-state index in [-0.39, 0.29) is 18.1 Å². The maximum atomic E-state index is 12.4. The lowest BCUT2D eigenvalue weighted by Crippen LogP contribution is -2.38. The summed E-state index contributed by atoms with van der Waals surface area (Å²) in [5.41, 5.74) is 2.25. The molecule has 21 heavy (non-hydrogen) atoms. The predicted molar refractivity (Wildman–Crippen MR) is 82.4 cm³/mol. The van der Waals surface area contributed by atoms with Crippen LogP contribution in [0.4, 0.5) is 5.69 Å². The third-order valence-electron chi connectivity index (χ3n) is 3.59. The number of carbonyl (C=O) groups excluding carboxylic acids is 1. The van der Waals surface area contributed by atoms with Crippen molar-refractivity contribution in [3.8, 4) is 0 Å². The number of aryl methyl sites for hydroxylation is 1. The van der Waals surface area contributed by atoms with Crippen LogP contribution in [0.1, 0.15) is 36.2 Å². The van der Waals surface area contributed by atoms with Gasteiger partial charge in [0.25, 0.3) is 0 Å². The van der Waals surface area contributed by atoms with E-state index in [9.17, 15) is 13.2 Å². The number of anilines is 1. The van der Waals surface area contributed by atoms with E-state index in [1.807, 2.05) is 13.0 Å². The third kappa shape index (κ3) is 3.63. The van der Waals surface area contributed by atoms with Crippen molar-refractivity contribution in [2.75, 3.05) is 29.8 Å². The largest absolute Gasteiger partial charge is 0.381 e. The lowest BCUT2D eigenvalue weighted by Gasteiger charge is -2.30. The monoisotopic (exact) mass is 311 g/mol. The Balaban J connectivity index is 2.27. The number of nitrogens with zero attached hydrogens (tertiary/aromatic N) is 1. The second-order valence-corrected chi connectivity index (χ2v) is 7.10. The van der Waals surface area contributed by atoms with Gasteiger partial charge < -0.3 is 4.74 Å². The minimum Gasteiger partial charge on any atom is -0.381 e. The molecule has 5 nitrogen and oxygen atoms in total. The lowest BCUT2D eigenvalue weighted by molar-refractivity contribution is 0.101. The Morgan fingerprint density at radius 2 is 2.14 bits per heavy atom. The van der Waals surface area contributed by atoms with Crippen LogP contribution in [0.15, 0.2) is 18.2 Å². The van der Waals surface area contributed by atoms with Gasteiger partial charge in [-0.05, 0) is 50.5 Å². The van der Waals surface area contributed by atoms with E-state index in [0.717, 1.165) is 18.4 Å². The Kier molecular flexibility index (Phi) is 5.00. The van der Waals surface area contributed by atoms with E-state index in [1.165, 1.54) is 11.2 Å². The van der Waals surface area contributed by atoms with Crippen molar-refractivity contribution >= 4 is 21.5 Å². The van der Waals surface area contributed by atoms with Crippen molar-refractivity contribution in [1.82, 2.24) is 0 Å². The van der Waals surface area contributed by atoms with Gasteiger partial charge in [0, 0.05) is 18.7 Å². The van der Waals surface area contributed by atoms with Crippen LogP contribution in [-0.4, -0.2) is 39.7 Å². The Bertz CT molecular complexity index is 625. The van der Waals surface area contributed by atoms with Gasteiger partial charge in [-0.1, -0.05) is 0 Å². The van der Waals surface area contributed by atoms with Gasteiger partial charge in [0.1, 0.15) is 0 Å². The molecule has 1 aliphatic heterocycles. The smallest absolute Gasteiger partial charge is 0.237 e. The normalized spacial score (nSPS) is 14.9. The summed E-state index contributed by atoms with van der Waals surface area (Å²) in [5, 5.41) is 0. The Labute approximate surface area is 126 Å². The molecule has 1 heterocycles.